The number of carbonyl (C=O) groups excluding carboxylic acids is 1. The number of imidazole rings is 1. The first-order valence-electron chi connectivity index (χ1n) is 15.7. The molecule has 0 unspecified atom stereocenters. The van der Waals surface area contributed by atoms with E-state index in [1.165, 1.54) is 12.1 Å². The molecule has 0 radical (unpaired) electrons. The van der Waals surface area contributed by atoms with Gasteiger partial charge in [0.1, 0.15) is 11.6 Å². The van der Waals surface area contributed by atoms with E-state index in [4.69, 9.17) is 19.4 Å². The number of anilines is 1. The number of benzene rings is 4. The number of hydrogen-bond donors (Lipinski definition) is 1. The number of allylic oxidation sites excluding steroid dienone is 1. The van der Waals surface area contributed by atoms with Crippen LogP contribution in [-0.4, -0.2) is 34.7 Å². The average molecular weight is 627 g/mol. The minimum absolute atomic E-state index is 0.00156. The number of carbonyl (C=O) groups is 1. The van der Waals surface area contributed by atoms with Gasteiger partial charge in [0.15, 0.2) is 11.5 Å². The van der Waals surface area contributed by atoms with Gasteiger partial charge in [-0.25, -0.2) is 14.4 Å². The van der Waals surface area contributed by atoms with E-state index in [-0.39, 0.29) is 17.8 Å². The number of halogens is 1. The number of amides is 1. The Kier molecular flexibility index (Phi) is 7.72. The fourth-order valence-corrected chi connectivity index (χ4v) is 6.73. The molecule has 2 heterocycles. The molecule has 0 saturated carbocycles. The van der Waals surface area contributed by atoms with Crippen molar-refractivity contribution in [3.63, 3.8) is 0 Å². The number of hydrogen-bond acceptors (Lipinski definition) is 5. The summed E-state index contributed by atoms with van der Waals surface area (Å²) in [5.41, 5.74) is 8.72. The van der Waals surface area contributed by atoms with Crippen molar-refractivity contribution < 1.29 is 18.7 Å². The molecule has 2 aromatic heterocycles. The zero-order valence-electron chi connectivity index (χ0n) is 27.0. The molecule has 0 saturated heterocycles. The molecule has 236 valence electrons. The number of methoxy groups -OCH3 is 2. The lowest BCUT2D eigenvalue weighted by Crippen LogP contribution is -2.17. The average Bonchev–Trinajstić information content (AvgIpc) is 3.65. The van der Waals surface area contributed by atoms with Gasteiger partial charge in [0.2, 0.25) is 0 Å². The van der Waals surface area contributed by atoms with E-state index in [1.807, 2.05) is 86.0 Å². The van der Waals surface area contributed by atoms with Gasteiger partial charge in [-0.15, -0.1) is 0 Å². The van der Waals surface area contributed by atoms with Crippen molar-refractivity contribution in [3.8, 4) is 22.9 Å². The predicted octanol–water partition coefficient (Wildman–Crippen LogP) is 9.04. The van der Waals surface area contributed by atoms with Crippen molar-refractivity contribution >= 4 is 45.2 Å². The lowest BCUT2D eigenvalue weighted by molar-refractivity contribution is 0.102. The highest BCUT2D eigenvalue weighted by Crippen LogP contribution is 2.41. The summed E-state index contributed by atoms with van der Waals surface area (Å²) in [5, 5.41) is 4.08. The molecule has 0 spiro atoms. The molecule has 8 heteroatoms. The van der Waals surface area contributed by atoms with E-state index in [2.05, 4.69) is 11.4 Å². The molecule has 7 rings (SSSR count). The van der Waals surface area contributed by atoms with Crippen LogP contribution in [0.3, 0.4) is 0 Å². The smallest absolute Gasteiger partial charge is 0.256 e. The first kappa shape index (κ1) is 30.2. The number of nitrogens with zero attached hydrogens (tertiary/aromatic N) is 3. The van der Waals surface area contributed by atoms with E-state index >= 15 is 0 Å². The largest absolute Gasteiger partial charge is 0.493 e. The normalized spacial score (nSPS) is 13.5. The summed E-state index contributed by atoms with van der Waals surface area (Å²) in [6, 6.07) is 24.1. The van der Waals surface area contributed by atoms with Gasteiger partial charge in [-0.1, -0.05) is 42.5 Å². The molecule has 4 aromatic carbocycles. The van der Waals surface area contributed by atoms with Crippen LogP contribution in [0, 0.1) is 12.7 Å². The minimum atomic E-state index is -0.319. The fraction of sp³-hybridized carbons (Fsp3) is 0.205. The molecular weight excluding hydrogens is 591 g/mol. The Hall–Kier alpha value is -5.50. The zero-order valence-corrected chi connectivity index (χ0v) is 27.0. The van der Waals surface area contributed by atoms with Crippen molar-refractivity contribution in [2.24, 2.45) is 0 Å². The quantitative estimate of drug-likeness (QED) is 0.191. The number of pyridine rings is 1. The fourth-order valence-electron chi connectivity index (χ4n) is 6.73. The van der Waals surface area contributed by atoms with E-state index in [9.17, 15) is 9.18 Å². The molecule has 0 bridgehead atoms. The van der Waals surface area contributed by atoms with Crippen molar-refractivity contribution in [2.75, 3.05) is 19.5 Å². The Labute approximate surface area is 272 Å². The second kappa shape index (κ2) is 12.0. The topological polar surface area (TPSA) is 78.3 Å². The maximum absolute atomic E-state index is 14.5. The molecule has 1 aliphatic rings. The van der Waals surface area contributed by atoms with E-state index in [0.29, 0.717) is 46.0 Å². The van der Waals surface area contributed by atoms with Gasteiger partial charge in [0.05, 0.1) is 47.7 Å². The Bertz CT molecular complexity index is 2230. The van der Waals surface area contributed by atoms with Crippen molar-refractivity contribution in [1.29, 1.82) is 0 Å². The minimum Gasteiger partial charge on any atom is -0.493 e. The van der Waals surface area contributed by atoms with Crippen molar-refractivity contribution in [3.05, 3.63) is 113 Å². The molecule has 0 atom stereocenters. The van der Waals surface area contributed by atoms with Crippen LogP contribution in [0.2, 0.25) is 0 Å². The summed E-state index contributed by atoms with van der Waals surface area (Å²) in [6.07, 6.45) is 3.47. The summed E-state index contributed by atoms with van der Waals surface area (Å²) in [7, 11) is 3.25. The van der Waals surface area contributed by atoms with E-state index in [0.717, 1.165) is 50.8 Å². The van der Waals surface area contributed by atoms with Crippen LogP contribution in [0.4, 0.5) is 10.1 Å². The van der Waals surface area contributed by atoms with Crippen LogP contribution >= 0.6 is 0 Å². The summed E-state index contributed by atoms with van der Waals surface area (Å²) >= 11 is 0. The number of ether oxygens (including phenoxy) is 2. The number of nitrogens with one attached hydrogen (secondary N) is 1. The Morgan fingerprint density at radius 2 is 1.74 bits per heavy atom. The summed E-state index contributed by atoms with van der Waals surface area (Å²) in [5.74, 6) is 1.43. The van der Waals surface area contributed by atoms with Gasteiger partial charge in [0.25, 0.3) is 5.91 Å². The second-order valence-corrected chi connectivity index (χ2v) is 12.1. The van der Waals surface area contributed by atoms with Gasteiger partial charge in [-0.3, -0.25) is 4.79 Å². The van der Waals surface area contributed by atoms with Crippen LogP contribution in [0.25, 0.3) is 45.0 Å². The maximum atomic E-state index is 14.5. The summed E-state index contributed by atoms with van der Waals surface area (Å²) in [4.78, 5) is 24.5. The molecule has 1 amide bonds. The van der Waals surface area contributed by atoms with Gasteiger partial charge in [-0.05, 0) is 92.8 Å². The highest BCUT2D eigenvalue weighted by Gasteiger charge is 2.28. The van der Waals surface area contributed by atoms with Gasteiger partial charge >= 0.3 is 0 Å². The standard InChI is InChI=1S/C39H35FN4O3/c1-22(2)44-32-21-26(40)17-19-31(32)42-38(44)29-13-8-10-23(3)35(29)43-39(45)34-27-12-6-7-14-30(27)41-36-24(16-18-28(34)36)20-25-11-9-15-33(46-4)37(25)47-5/h6-15,17,19-22H,16,18H2,1-5H3,(H,43,45)/b24-20-. The first-order valence-corrected chi connectivity index (χ1v) is 15.7. The Morgan fingerprint density at radius 3 is 2.53 bits per heavy atom. The highest BCUT2D eigenvalue weighted by atomic mass is 19.1. The summed E-state index contributed by atoms with van der Waals surface area (Å²) < 4.78 is 27.6. The van der Waals surface area contributed by atoms with E-state index in [1.54, 1.807) is 20.3 Å². The molecule has 1 N–H and O–H groups in total. The highest BCUT2D eigenvalue weighted by molar-refractivity contribution is 6.16. The molecule has 1 aliphatic carbocycles. The SMILES string of the molecule is COc1cccc(/C=C2/CCc3c2nc2ccccc2c3C(=O)Nc2c(C)cccc2-c2nc3ccc(F)cc3n2C(C)C)c1OC. The maximum Gasteiger partial charge on any atom is 0.256 e. The number of aryl methyl sites for hydroxylation is 1. The first-order chi connectivity index (χ1) is 22.8. The van der Waals surface area contributed by atoms with Crippen LogP contribution < -0.4 is 14.8 Å². The Balaban J connectivity index is 1.36. The molecule has 6 aromatic rings. The van der Waals surface area contributed by atoms with Crippen LogP contribution in [0.5, 0.6) is 11.5 Å². The molecule has 0 fully saturated rings. The van der Waals surface area contributed by atoms with Gasteiger partial charge in [-0.2, -0.15) is 0 Å². The summed E-state index contributed by atoms with van der Waals surface area (Å²) in [6.45, 7) is 6.06. The van der Waals surface area contributed by atoms with Crippen LogP contribution in [0.1, 0.15) is 59.1 Å². The molecule has 47 heavy (non-hydrogen) atoms. The molecule has 7 nitrogen and oxygen atoms in total. The van der Waals surface area contributed by atoms with Crippen LogP contribution in [0.15, 0.2) is 78.9 Å². The van der Waals surface area contributed by atoms with E-state index < -0.39 is 0 Å². The lowest BCUT2D eigenvalue weighted by atomic mass is 9.99. The van der Waals surface area contributed by atoms with Crippen molar-refractivity contribution in [1.82, 2.24) is 14.5 Å². The number of para-hydroxylation sites is 3. The number of fused-ring (bicyclic) bond motifs is 3. The molecule has 0 aliphatic heterocycles. The Morgan fingerprint density at radius 1 is 0.936 bits per heavy atom. The number of rotatable bonds is 7. The van der Waals surface area contributed by atoms with Gasteiger partial charge < -0.3 is 19.4 Å². The zero-order chi connectivity index (χ0) is 32.8. The van der Waals surface area contributed by atoms with Gasteiger partial charge in [0, 0.05) is 22.6 Å². The third kappa shape index (κ3) is 5.19. The van der Waals surface area contributed by atoms with Crippen LogP contribution in [-0.2, 0) is 6.42 Å². The third-order valence-electron chi connectivity index (χ3n) is 8.85. The van der Waals surface area contributed by atoms with Crippen molar-refractivity contribution in [2.45, 2.75) is 39.7 Å². The number of aromatic nitrogens is 3. The second-order valence-electron chi connectivity index (χ2n) is 12.1. The third-order valence-corrected chi connectivity index (χ3v) is 8.85. The monoisotopic (exact) mass is 626 g/mol. The predicted molar refractivity (Wildman–Crippen MR) is 186 cm³/mol. The lowest BCUT2D eigenvalue weighted by Gasteiger charge is -2.19. The molecular formula is C39H35FN4O3.